The number of rotatable bonds is 9. The normalized spacial score (nSPS) is 13.4. The van der Waals surface area contributed by atoms with Crippen molar-refractivity contribution in [3.05, 3.63) is 90.0 Å². The number of aliphatic hydroxyl groups excluding tert-OH is 1. The number of hydrogen-bond donors (Lipinski definition) is 1. The zero-order valence-corrected chi connectivity index (χ0v) is 18.6. The second kappa shape index (κ2) is 10.3. The van der Waals surface area contributed by atoms with Crippen LogP contribution in [-0.4, -0.2) is 29.3 Å². The summed E-state index contributed by atoms with van der Waals surface area (Å²) in [6.45, 7) is -1.15. The van der Waals surface area contributed by atoms with E-state index in [1.165, 1.54) is 29.2 Å². The zero-order chi connectivity index (χ0) is 25.9. The summed E-state index contributed by atoms with van der Waals surface area (Å²) >= 11 is 4.93. The third-order valence-corrected chi connectivity index (χ3v) is 5.20. The topological polar surface area (TPSA) is 32.7 Å². The van der Waals surface area contributed by atoms with Crippen molar-refractivity contribution in [3.63, 3.8) is 0 Å². The van der Waals surface area contributed by atoms with Gasteiger partial charge in [0.15, 0.2) is 0 Å². The van der Waals surface area contributed by atoms with Crippen molar-refractivity contribution >= 4 is 17.3 Å². The molecule has 11 heteroatoms. The lowest BCUT2D eigenvalue weighted by atomic mass is 10.0. The van der Waals surface area contributed by atoms with Gasteiger partial charge in [0.1, 0.15) is 17.6 Å². The van der Waals surface area contributed by atoms with Gasteiger partial charge in [-0.25, -0.2) is 0 Å². The fraction of sp³-hybridized carbons (Fsp3) is 0.250. The van der Waals surface area contributed by atoms with Gasteiger partial charge in [0.2, 0.25) is 0 Å². The quantitative estimate of drug-likeness (QED) is 0.236. The number of hydrogen-bond acceptors (Lipinski definition) is 3. The number of aliphatic hydroxyl groups is 1. The minimum absolute atomic E-state index is 0.0362. The minimum atomic E-state index is -5.81. The fourth-order valence-corrected chi connectivity index (χ4v) is 3.26. The van der Waals surface area contributed by atoms with Crippen molar-refractivity contribution in [1.82, 2.24) is 0 Å². The van der Waals surface area contributed by atoms with Crippen LogP contribution in [0.4, 0.5) is 36.4 Å². The molecule has 3 aromatic carbocycles. The van der Waals surface area contributed by atoms with Gasteiger partial charge in [-0.3, -0.25) is 0 Å². The van der Waals surface area contributed by atoms with Crippen LogP contribution >= 0.6 is 11.6 Å². The monoisotopic (exact) mass is 521 g/mol. The van der Waals surface area contributed by atoms with Crippen molar-refractivity contribution in [1.29, 1.82) is 0 Å². The van der Waals surface area contributed by atoms with Crippen LogP contribution in [0.5, 0.6) is 11.5 Å². The third kappa shape index (κ3) is 6.79. The minimum Gasteiger partial charge on any atom is -0.457 e. The van der Waals surface area contributed by atoms with E-state index in [9.17, 15) is 35.8 Å². The van der Waals surface area contributed by atoms with Crippen molar-refractivity contribution in [2.75, 3.05) is 11.4 Å². The zero-order valence-electron chi connectivity index (χ0n) is 17.8. The largest absolute Gasteiger partial charge is 0.458 e. The summed E-state index contributed by atoms with van der Waals surface area (Å²) in [6.07, 6.45) is -8.19. The number of nitrogens with zero attached hydrogens (tertiary/aromatic N) is 1. The summed E-state index contributed by atoms with van der Waals surface area (Å²) in [5, 5.41) is 5.85. The molecule has 0 bridgehead atoms. The molecule has 0 saturated carbocycles. The Labute approximate surface area is 201 Å². The van der Waals surface area contributed by atoms with E-state index in [1.807, 2.05) is 0 Å². The van der Waals surface area contributed by atoms with Gasteiger partial charge in [-0.2, -0.15) is 30.7 Å². The summed E-state index contributed by atoms with van der Waals surface area (Å²) in [4.78, 5) is 1.17. The van der Waals surface area contributed by atoms with Crippen LogP contribution in [0.2, 0.25) is 0 Å². The van der Waals surface area contributed by atoms with E-state index in [4.69, 9.17) is 16.3 Å². The molecule has 0 aliphatic rings. The first-order valence-corrected chi connectivity index (χ1v) is 10.5. The molecule has 3 nitrogen and oxygen atoms in total. The highest BCUT2D eigenvalue weighted by molar-refractivity contribution is 6.22. The van der Waals surface area contributed by atoms with Crippen LogP contribution in [-0.2, 0) is 12.5 Å². The molecule has 1 N–H and O–H groups in total. The molecule has 0 aliphatic carbocycles. The third-order valence-electron chi connectivity index (χ3n) is 4.95. The Hall–Kier alpha value is -2.98. The number of halogens is 8. The number of benzene rings is 3. The standard InChI is InChI=1S/C24H19ClF7NO2/c25-23(28,29)21(34)15-33(14-16-6-4-7-17(12-16)22(26,27)24(30,31)32)18-8-5-11-20(13-18)35-19-9-2-1-3-10-19/h1-13,21,34H,14-15H2/t21-/m1/s1. The van der Waals surface area contributed by atoms with Crippen LogP contribution in [0.15, 0.2) is 78.9 Å². The van der Waals surface area contributed by atoms with Gasteiger partial charge >= 0.3 is 17.5 Å². The molecule has 0 aromatic heterocycles. The highest BCUT2D eigenvalue weighted by atomic mass is 35.5. The highest BCUT2D eigenvalue weighted by Crippen LogP contribution is 2.44. The van der Waals surface area contributed by atoms with Crippen LogP contribution in [0, 0.1) is 0 Å². The van der Waals surface area contributed by atoms with E-state index in [0.717, 1.165) is 6.07 Å². The van der Waals surface area contributed by atoms with Crippen molar-refractivity contribution in [2.24, 2.45) is 0 Å². The fourth-order valence-electron chi connectivity index (χ4n) is 3.19. The van der Waals surface area contributed by atoms with E-state index in [-0.39, 0.29) is 17.8 Å². The Bertz CT molecular complexity index is 1120. The molecular formula is C24H19ClF7NO2. The van der Waals surface area contributed by atoms with Crippen LogP contribution in [0.25, 0.3) is 0 Å². The van der Waals surface area contributed by atoms with E-state index in [0.29, 0.717) is 23.6 Å². The molecule has 35 heavy (non-hydrogen) atoms. The average Bonchev–Trinajstić information content (AvgIpc) is 2.78. The van der Waals surface area contributed by atoms with Gasteiger partial charge in [0.25, 0.3) is 0 Å². The second-order valence-electron chi connectivity index (χ2n) is 7.62. The summed E-state index contributed by atoms with van der Waals surface area (Å²) in [5.41, 5.74) is -1.11. The molecule has 0 fully saturated rings. The number of ether oxygens (including phenoxy) is 1. The Morgan fingerprint density at radius 3 is 2.06 bits per heavy atom. The van der Waals surface area contributed by atoms with Crippen LogP contribution in [0.3, 0.4) is 0 Å². The highest BCUT2D eigenvalue weighted by Gasteiger charge is 2.58. The maximum atomic E-state index is 13.8. The Morgan fingerprint density at radius 2 is 1.43 bits per heavy atom. The van der Waals surface area contributed by atoms with Gasteiger partial charge in [-0.05, 0) is 47.5 Å². The van der Waals surface area contributed by atoms with Gasteiger partial charge in [0, 0.05) is 23.9 Å². The van der Waals surface area contributed by atoms with Gasteiger partial charge in [-0.1, -0.05) is 42.5 Å². The van der Waals surface area contributed by atoms with Crippen LogP contribution in [0.1, 0.15) is 11.1 Å². The van der Waals surface area contributed by atoms with E-state index >= 15 is 0 Å². The maximum Gasteiger partial charge on any atom is 0.458 e. The lowest BCUT2D eigenvalue weighted by Crippen LogP contribution is -2.40. The number of para-hydroxylation sites is 1. The molecule has 0 saturated heterocycles. The molecule has 0 heterocycles. The van der Waals surface area contributed by atoms with Crippen LogP contribution < -0.4 is 9.64 Å². The smallest absolute Gasteiger partial charge is 0.457 e. The first-order valence-electron chi connectivity index (χ1n) is 10.1. The summed E-state index contributed by atoms with van der Waals surface area (Å²) in [7, 11) is 0. The summed E-state index contributed by atoms with van der Waals surface area (Å²) < 4.78 is 98.7. The number of anilines is 1. The first-order chi connectivity index (χ1) is 16.3. The van der Waals surface area contributed by atoms with E-state index in [1.54, 1.807) is 36.4 Å². The molecule has 0 radical (unpaired) electrons. The number of alkyl halides is 8. The molecule has 0 amide bonds. The van der Waals surface area contributed by atoms with Gasteiger partial charge in [0.05, 0.1) is 6.54 Å². The molecule has 0 aliphatic heterocycles. The van der Waals surface area contributed by atoms with Gasteiger partial charge < -0.3 is 14.7 Å². The van der Waals surface area contributed by atoms with E-state index in [2.05, 4.69) is 0 Å². The molecule has 1 atom stereocenters. The lowest BCUT2D eigenvalue weighted by molar-refractivity contribution is -0.289. The van der Waals surface area contributed by atoms with Gasteiger partial charge in [-0.15, -0.1) is 0 Å². The first kappa shape index (κ1) is 26.6. The molecule has 3 rings (SSSR count). The predicted octanol–water partition coefficient (Wildman–Crippen LogP) is 7.33. The Morgan fingerprint density at radius 1 is 0.800 bits per heavy atom. The van der Waals surface area contributed by atoms with E-state index < -0.39 is 35.7 Å². The predicted molar refractivity (Wildman–Crippen MR) is 117 cm³/mol. The van der Waals surface area contributed by atoms with Crippen molar-refractivity contribution in [2.45, 2.75) is 30.1 Å². The van der Waals surface area contributed by atoms with Crippen molar-refractivity contribution in [3.8, 4) is 11.5 Å². The summed E-state index contributed by atoms with van der Waals surface area (Å²) in [6, 6.07) is 18.1. The summed E-state index contributed by atoms with van der Waals surface area (Å²) in [5.74, 6) is -4.34. The molecule has 0 unspecified atom stereocenters. The molecular weight excluding hydrogens is 503 g/mol. The SMILES string of the molecule is O[C@H](CN(Cc1cccc(C(F)(F)C(F)(F)F)c1)c1cccc(Oc2ccccc2)c1)C(F)(F)Cl. The average molecular weight is 522 g/mol. The molecule has 3 aromatic rings. The molecule has 188 valence electrons. The Balaban J connectivity index is 1.93. The Kier molecular flexibility index (Phi) is 7.86. The lowest BCUT2D eigenvalue weighted by Gasteiger charge is -2.29. The maximum absolute atomic E-state index is 13.8. The molecule has 0 spiro atoms. The van der Waals surface area contributed by atoms with Crippen molar-refractivity contribution < 1.29 is 40.6 Å². The second-order valence-corrected chi connectivity index (χ2v) is 8.13.